The number of nitrogens with zero attached hydrogens (tertiary/aromatic N) is 2. The summed E-state index contributed by atoms with van der Waals surface area (Å²) in [6, 6.07) is 0. The molecule has 12 heavy (non-hydrogen) atoms. The number of hydrazone groups is 1. The first kappa shape index (κ1) is 9.03. The molecule has 1 N–H and O–H groups in total. The molecule has 4 heteroatoms. The van der Waals surface area contributed by atoms with Gasteiger partial charge in [0.15, 0.2) is 0 Å². The van der Waals surface area contributed by atoms with Gasteiger partial charge in [-0.3, -0.25) is 4.79 Å². The van der Waals surface area contributed by atoms with Crippen molar-refractivity contribution in [2.45, 2.75) is 26.3 Å². The van der Waals surface area contributed by atoms with Gasteiger partial charge in [0.05, 0.1) is 0 Å². The molecule has 68 valence electrons. The Bertz CT molecular complexity index is 224. The van der Waals surface area contributed by atoms with Gasteiger partial charge < -0.3 is 4.90 Å². The SMILES string of the molecule is CC(C)C1(C)C(=O)NN=CN1C. The van der Waals surface area contributed by atoms with Gasteiger partial charge in [-0.05, 0) is 12.8 Å². The molecule has 0 aromatic carbocycles. The fourth-order valence-electron chi connectivity index (χ4n) is 1.24. The molecule has 1 amide bonds. The average Bonchev–Trinajstić information content (AvgIpc) is 1.99. The van der Waals surface area contributed by atoms with Crippen LogP contribution in [0.4, 0.5) is 0 Å². The molecular formula is C8H15N3O. The van der Waals surface area contributed by atoms with E-state index >= 15 is 0 Å². The lowest BCUT2D eigenvalue weighted by molar-refractivity contribution is -0.133. The molecule has 0 spiro atoms. The molecule has 0 radical (unpaired) electrons. The second kappa shape index (κ2) is 2.77. The van der Waals surface area contributed by atoms with Gasteiger partial charge in [0, 0.05) is 7.05 Å². The van der Waals surface area contributed by atoms with E-state index in [-0.39, 0.29) is 11.8 Å². The molecule has 1 unspecified atom stereocenters. The summed E-state index contributed by atoms with van der Waals surface area (Å²) in [5.41, 5.74) is 2.00. The largest absolute Gasteiger partial charge is 0.350 e. The van der Waals surface area contributed by atoms with E-state index in [9.17, 15) is 4.79 Å². The van der Waals surface area contributed by atoms with Crippen molar-refractivity contribution in [3.8, 4) is 0 Å². The standard InChI is InChI=1S/C8H15N3O/c1-6(2)8(3)7(12)10-9-5-11(8)4/h5-6H,1-4H3,(H,10,12). The first-order valence-corrected chi connectivity index (χ1v) is 4.06. The average molecular weight is 169 g/mol. The summed E-state index contributed by atoms with van der Waals surface area (Å²) >= 11 is 0. The minimum absolute atomic E-state index is 0.0394. The Morgan fingerprint density at radius 1 is 1.67 bits per heavy atom. The molecule has 0 aromatic heterocycles. The van der Waals surface area contributed by atoms with Crippen LogP contribution in [-0.4, -0.2) is 29.7 Å². The van der Waals surface area contributed by atoms with Gasteiger partial charge in [-0.1, -0.05) is 13.8 Å². The fraction of sp³-hybridized carbons (Fsp3) is 0.750. The van der Waals surface area contributed by atoms with Crippen LogP contribution in [0.5, 0.6) is 0 Å². The summed E-state index contributed by atoms with van der Waals surface area (Å²) in [5, 5.41) is 3.72. The Kier molecular flexibility index (Phi) is 2.08. The summed E-state index contributed by atoms with van der Waals surface area (Å²) in [6.45, 7) is 5.96. The van der Waals surface area contributed by atoms with Crippen molar-refractivity contribution in [2.24, 2.45) is 11.0 Å². The smallest absolute Gasteiger partial charge is 0.265 e. The van der Waals surface area contributed by atoms with E-state index in [1.807, 2.05) is 32.7 Å². The van der Waals surface area contributed by atoms with Crippen LogP contribution in [0.2, 0.25) is 0 Å². The predicted octanol–water partition coefficient (Wildman–Crippen LogP) is 0.406. The molecule has 0 aromatic rings. The summed E-state index contributed by atoms with van der Waals surface area (Å²) in [4.78, 5) is 13.3. The van der Waals surface area contributed by atoms with Crippen LogP contribution in [0.1, 0.15) is 20.8 Å². The summed E-state index contributed by atoms with van der Waals surface area (Å²) < 4.78 is 0. The van der Waals surface area contributed by atoms with E-state index in [0.717, 1.165) is 0 Å². The minimum Gasteiger partial charge on any atom is -0.350 e. The van der Waals surface area contributed by atoms with Crippen LogP contribution in [0.15, 0.2) is 5.10 Å². The predicted molar refractivity (Wildman–Crippen MR) is 47.6 cm³/mol. The molecule has 1 rings (SSSR count). The lowest BCUT2D eigenvalue weighted by Crippen LogP contribution is -2.60. The van der Waals surface area contributed by atoms with Crippen molar-refractivity contribution >= 4 is 12.2 Å². The highest BCUT2D eigenvalue weighted by Gasteiger charge is 2.41. The fourth-order valence-corrected chi connectivity index (χ4v) is 1.24. The first-order chi connectivity index (χ1) is 5.49. The number of carbonyl (C=O) groups excluding carboxylic acids is 1. The van der Waals surface area contributed by atoms with Gasteiger partial charge in [0.25, 0.3) is 5.91 Å². The van der Waals surface area contributed by atoms with E-state index in [4.69, 9.17) is 0 Å². The van der Waals surface area contributed by atoms with E-state index in [1.54, 1.807) is 6.34 Å². The number of nitrogens with one attached hydrogen (secondary N) is 1. The van der Waals surface area contributed by atoms with Crippen molar-refractivity contribution < 1.29 is 4.79 Å². The number of likely N-dealkylation sites (N-methyl/N-ethyl adjacent to an activating group) is 1. The van der Waals surface area contributed by atoms with E-state index in [0.29, 0.717) is 0 Å². The highest BCUT2D eigenvalue weighted by atomic mass is 16.2. The Morgan fingerprint density at radius 3 is 2.58 bits per heavy atom. The maximum atomic E-state index is 11.5. The molecule has 1 aliphatic heterocycles. The number of rotatable bonds is 1. The molecule has 4 nitrogen and oxygen atoms in total. The van der Waals surface area contributed by atoms with Crippen molar-refractivity contribution in [3.05, 3.63) is 0 Å². The molecule has 1 heterocycles. The third-order valence-corrected chi connectivity index (χ3v) is 2.71. The van der Waals surface area contributed by atoms with Crippen LogP contribution in [0, 0.1) is 5.92 Å². The van der Waals surface area contributed by atoms with E-state index in [1.165, 1.54) is 0 Å². The monoisotopic (exact) mass is 169 g/mol. The zero-order chi connectivity index (χ0) is 9.35. The zero-order valence-corrected chi connectivity index (χ0v) is 7.96. The van der Waals surface area contributed by atoms with Crippen LogP contribution in [-0.2, 0) is 4.79 Å². The molecule has 0 saturated heterocycles. The Hall–Kier alpha value is -1.06. The number of amides is 1. The molecule has 1 aliphatic rings. The van der Waals surface area contributed by atoms with Gasteiger partial charge in [0.2, 0.25) is 0 Å². The Morgan fingerprint density at radius 2 is 2.25 bits per heavy atom. The van der Waals surface area contributed by atoms with Gasteiger partial charge >= 0.3 is 0 Å². The zero-order valence-electron chi connectivity index (χ0n) is 7.96. The highest BCUT2D eigenvalue weighted by Crippen LogP contribution is 2.24. The quantitative estimate of drug-likeness (QED) is 0.617. The second-order valence-electron chi connectivity index (χ2n) is 3.60. The molecule has 0 bridgehead atoms. The maximum Gasteiger partial charge on any atom is 0.265 e. The van der Waals surface area contributed by atoms with Gasteiger partial charge in [-0.15, -0.1) is 0 Å². The molecule has 1 atom stereocenters. The van der Waals surface area contributed by atoms with Gasteiger partial charge in [0.1, 0.15) is 11.9 Å². The van der Waals surface area contributed by atoms with Crippen LogP contribution < -0.4 is 5.43 Å². The Balaban J connectivity index is 2.99. The van der Waals surface area contributed by atoms with Crippen molar-refractivity contribution in [1.82, 2.24) is 10.3 Å². The Labute approximate surface area is 72.6 Å². The number of carbonyl (C=O) groups is 1. The van der Waals surface area contributed by atoms with Crippen LogP contribution >= 0.6 is 0 Å². The maximum absolute atomic E-state index is 11.5. The first-order valence-electron chi connectivity index (χ1n) is 4.06. The second-order valence-corrected chi connectivity index (χ2v) is 3.60. The summed E-state index contributed by atoms with van der Waals surface area (Å²) in [6.07, 6.45) is 1.64. The van der Waals surface area contributed by atoms with Crippen LogP contribution in [0.3, 0.4) is 0 Å². The minimum atomic E-state index is -0.470. The third kappa shape index (κ3) is 1.07. The number of hydrogen-bond donors (Lipinski definition) is 1. The topological polar surface area (TPSA) is 44.7 Å². The molecule has 0 saturated carbocycles. The van der Waals surface area contributed by atoms with E-state index < -0.39 is 5.54 Å². The number of hydrogen-bond acceptors (Lipinski definition) is 3. The molecular weight excluding hydrogens is 154 g/mol. The van der Waals surface area contributed by atoms with E-state index in [2.05, 4.69) is 10.5 Å². The summed E-state index contributed by atoms with van der Waals surface area (Å²) in [5.74, 6) is 0.219. The normalized spacial score (nSPS) is 29.4. The van der Waals surface area contributed by atoms with Crippen molar-refractivity contribution in [3.63, 3.8) is 0 Å². The lowest BCUT2D eigenvalue weighted by atomic mass is 9.86. The third-order valence-electron chi connectivity index (χ3n) is 2.71. The van der Waals surface area contributed by atoms with Crippen molar-refractivity contribution in [2.75, 3.05) is 7.05 Å². The van der Waals surface area contributed by atoms with Crippen molar-refractivity contribution in [1.29, 1.82) is 0 Å². The summed E-state index contributed by atoms with van der Waals surface area (Å²) in [7, 11) is 1.86. The van der Waals surface area contributed by atoms with Gasteiger partial charge in [-0.25, -0.2) is 5.43 Å². The molecule has 0 aliphatic carbocycles. The molecule has 0 fully saturated rings. The lowest BCUT2D eigenvalue weighted by Gasteiger charge is -2.41. The van der Waals surface area contributed by atoms with Crippen LogP contribution in [0.25, 0.3) is 0 Å². The van der Waals surface area contributed by atoms with Gasteiger partial charge in [-0.2, -0.15) is 5.10 Å². The highest BCUT2D eigenvalue weighted by molar-refractivity contribution is 5.90.